The lowest BCUT2D eigenvalue weighted by molar-refractivity contribution is 0.00443. The van der Waals surface area contributed by atoms with Gasteiger partial charge in [-0.3, -0.25) is 0 Å². The summed E-state index contributed by atoms with van der Waals surface area (Å²) in [5.74, 6) is 3.81. The average molecular weight is 192 g/mol. The summed E-state index contributed by atoms with van der Waals surface area (Å²) in [6, 6.07) is 0. The van der Waals surface area contributed by atoms with Gasteiger partial charge in [0.15, 0.2) is 0 Å². The summed E-state index contributed by atoms with van der Waals surface area (Å²) in [5, 5.41) is 0. The van der Waals surface area contributed by atoms with Gasteiger partial charge in [0.25, 0.3) is 0 Å². The molecule has 0 radical (unpaired) electrons. The molecule has 1 aliphatic rings. The zero-order valence-electron chi connectivity index (χ0n) is 9.25. The van der Waals surface area contributed by atoms with E-state index < -0.39 is 0 Å². The first-order valence-electron chi connectivity index (χ1n) is 5.35. The van der Waals surface area contributed by atoms with E-state index in [1.54, 1.807) is 0 Å². The summed E-state index contributed by atoms with van der Waals surface area (Å²) in [6.07, 6.45) is 9.11. The van der Waals surface area contributed by atoms with Crippen LogP contribution in [-0.2, 0) is 4.74 Å². The van der Waals surface area contributed by atoms with Gasteiger partial charge in [0.2, 0.25) is 0 Å². The Bertz CT molecular complexity index is 236. The fraction of sp³-hybridized carbons (Fsp3) is 0.692. The van der Waals surface area contributed by atoms with Crippen molar-refractivity contribution < 1.29 is 4.74 Å². The minimum absolute atomic E-state index is 0.298. The topological polar surface area (TPSA) is 9.23 Å². The van der Waals surface area contributed by atoms with Crippen LogP contribution in [0.3, 0.4) is 0 Å². The molecule has 3 atom stereocenters. The van der Waals surface area contributed by atoms with Gasteiger partial charge >= 0.3 is 0 Å². The molecule has 0 unspecified atom stereocenters. The summed E-state index contributed by atoms with van der Waals surface area (Å²) in [5.41, 5.74) is 1.24. The SMILES string of the molecule is C#CCO[C@@H]1C[C@H](C)CC[C@H]1C(=C)C. The van der Waals surface area contributed by atoms with Gasteiger partial charge in [-0.15, -0.1) is 6.42 Å². The number of terminal acetylenes is 1. The number of hydrogen-bond acceptors (Lipinski definition) is 1. The van der Waals surface area contributed by atoms with Crippen molar-refractivity contribution in [3.8, 4) is 12.3 Å². The van der Waals surface area contributed by atoms with E-state index in [0.29, 0.717) is 18.6 Å². The fourth-order valence-electron chi connectivity index (χ4n) is 2.23. The summed E-state index contributed by atoms with van der Waals surface area (Å²) in [6.45, 7) is 8.83. The second-order valence-electron chi connectivity index (χ2n) is 4.42. The monoisotopic (exact) mass is 192 g/mol. The molecule has 78 valence electrons. The quantitative estimate of drug-likeness (QED) is 0.493. The highest BCUT2D eigenvalue weighted by Gasteiger charge is 2.29. The van der Waals surface area contributed by atoms with Gasteiger partial charge in [-0.2, -0.15) is 0 Å². The van der Waals surface area contributed by atoms with E-state index in [9.17, 15) is 0 Å². The molecule has 0 aromatic heterocycles. The molecule has 14 heavy (non-hydrogen) atoms. The van der Waals surface area contributed by atoms with Gasteiger partial charge in [-0.1, -0.05) is 25.0 Å². The van der Waals surface area contributed by atoms with E-state index in [1.807, 2.05) is 0 Å². The third kappa shape index (κ3) is 2.89. The smallest absolute Gasteiger partial charge is 0.107 e. The van der Waals surface area contributed by atoms with Crippen molar-refractivity contribution in [3.05, 3.63) is 12.2 Å². The minimum Gasteiger partial charge on any atom is -0.365 e. The molecular formula is C13H20O. The van der Waals surface area contributed by atoms with Gasteiger partial charge in [0.05, 0.1) is 6.10 Å². The first-order valence-corrected chi connectivity index (χ1v) is 5.35. The highest BCUT2D eigenvalue weighted by molar-refractivity contribution is 5.02. The van der Waals surface area contributed by atoms with Gasteiger partial charge in [-0.25, -0.2) is 0 Å². The van der Waals surface area contributed by atoms with Crippen LogP contribution in [0.25, 0.3) is 0 Å². The van der Waals surface area contributed by atoms with Crippen LogP contribution in [0.15, 0.2) is 12.2 Å². The van der Waals surface area contributed by atoms with Gasteiger partial charge in [-0.05, 0) is 32.1 Å². The lowest BCUT2D eigenvalue weighted by Gasteiger charge is -2.34. The zero-order valence-corrected chi connectivity index (χ0v) is 9.25. The Hall–Kier alpha value is -0.740. The van der Waals surface area contributed by atoms with Crippen LogP contribution in [0, 0.1) is 24.2 Å². The molecular weight excluding hydrogens is 172 g/mol. The zero-order chi connectivity index (χ0) is 10.6. The van der Waals surface area contributed by atoms with Gasteiger partial charge in [0, 0.05) is 5.92 Å². The molecule has 0 aromatic rings. The Labute approximate surface area is 87.5 Å². The van der Waals surface area contributed by atoms with Crippen LogP contribution in [0.5, 0.6) is 0 Å². The van der Waals surface area contributed by atoms with Crippen molar-refractivity contribution in [2.75, 3.05) is 6.61 Å². The Morgan fingerprint density at radius 3 is 2.86 bits per heavy atom. The van der Waals surface area contributed by atoms with E-state index in [1.165, 1.54) is 18.4 Å². The van der Waals surface area contributed by atoms with Crippen LogP contribution < -0.4 is 0 Å². The standard InChI is InChI=1S/C13H20O/c1-5-8-14-13-9-11(4)6-7-12(13)10(2)3/h1,11-13H,2,6-9H2,3-4H3/t11-,12+,13-/m1/s1. The van der Waals surface area contributed by atoms with Crippen molar-refractivity contribution >= 4 is 0 Å². The van der Waals surface area contributed by atoms with Crippen LogP contribution in [0.1, 0.15) is 33.1 Å². The lowest BCUT2D eigenvalue weighted by Crippen LogP contribution is -2.31. The predicted octanol–water partition coefficient (Wildman–Crippen LogP) is 3.02. The van der Waals surface area contributed by atoms with E-state index in [0.717, 1.165) is 12.3 Å². The maximum atomic E-state index is 5.68. The highest BCUT2D eigenvalue weighted by Crippen LogP contribution is 2.34. The molecule has 1 saturated carbocycles. The van der Waals surface area contributed by atoms with E-state index >= 15 is 0 Å². The molecule has 0 heterocycles. The number of ether oxygens (including phenoxy) is 1. The van der Waals surface area contributed by atoms with Crippen molar-refractivity contribution in [1.82, 2.24) is 0 Å². The van der Waals surface area contributed by atoms with Crippen LogP contribution in [0.4, 0.5) is 0 Å². The highest BCUT2D eigenvalue weighted by atomic mass is 16.5. The minimum atomic E-state index is 0.298. The van der Waals surface area contributed by atoms with Crippen LogP contribution in [-0.4, -0.2) is 12.7 Å². The molecule has 0 aromatic carbocycles. The average Bonchev–Trinajstić information content (AvgIpc) is 2.14. The summed E-state index contributed by atoms with van der Waals surface area (Å²) >= 11 is 0. The Morgan fingerprint density at radius 2 is 2.29 bits per heavy atom. The number of hydrogen-bond donors (Lipinski definition) is 0. The maximum absolute atomic E-state index is 5.68. The first kappa shape index (κ1) is 11.3. The summed E-state index contributed by atoms with van der Waals surface area (Å²) in [7, 11) is 0. The number of rotatable bonds is 3. The molecule has 0 aliphatic heterocycles. The van der Waals surface area contributed by atoms with Crippen molar-refractivity contribution in [3.63, 3.8) is 0 Å². The van der Waals surface area contributed by atoms with Gasteiger partial charge < -0.3 is 4.74 Å². The molecule has 1 aliphatic carbocycles. The van der Waals surface area contributed by atoms with Crippen molar-refractivity contribution in [2.45, 2.75) is 39.2 Å². The second-order valence-corrected chi connectivity index (χ2v) is 4.42. The molecule has 1 fully saturated rings. The third-order valence-electron chi connectivity index (χ3n) is 3.07. The molecule has 1 nitrogen and oxygen atoms in total. The maximum Gasteiger partial charge on any atom is 0.107 e. The Morgan fingerprint density at radius 1 is 1.57 bits per heavy atom. The molecule has 0 N–H and O–H groups in total. The molecule has 0 bridgehead atoms. The third-order valence-corrected chi connectivity index (χ3v) is 3.07. The normalized spacial score (nSPS) is 32.2. The lowest BCUT2D eigenvalue weighted by atomic mass is 9.78. The molecule has 0 amide bonds. The first-order chi connectivity index (χ1) is 6.65. The summed E-state index contributed by atoms with van der Waals surface area (Å²) < 4.78 is 5.68. The second kappa shape index (κ2) is 5.22. The molecule has 1 rings (SSSR count). The van der Waals surface area contributed by atoms with Crippen molar-refractivity contribution in [1.29, 1.82) is 0 Å². The van der Waals surface area contributed by atoms with Gasteiger partial charge in [0.1, 0.15) is 6.61 Å². The van der Waals surface area contributed by atoms with E-state index in [-0.39, 0.29) is 0 Å². The van der Waals surface area contributed by atoms with Crippen LogP contribution >= 0.6 is 0 Å². The Kier molecular flexibility index (Phi) is 4.22. The summed E-state index contributed by atoms with van der Waals surface area (Å²) in [4.78, 5) is 0. The molecule has 1 heteroatoms. The molecule has 0 saturated heterocycles. The van der Waals surface area contributed by atoms with Crippen LogP contribution in [0.2, 0.25) is 0 Å². The Balaban J connectivity index is 2.55. The van der Waals surface area contributed by atoms with E-state index in [2.05, 4.69) is 26.3 Å². The largest absolute Gasteiger partial charge is 0.365 e. The fourth-order valence-corrected chi connectivity index (χ4v) is 2.23. The van der Waals surface area contributed by atoms with E-state index in [4.69, 9.17) is 11.2 Å². The predicted molar refractivity (Wildman–Crippen MR) is 59.9 cm³/mol. The van der Waals surface area contributed by atoms with Crippen molar-refractivity contribution in [2.24, 2.45) is 11.8 Å². The molecule has 0 spiro atoms.